The lowest BCUT2D eigenvalue weighted by Crippen LogP contribution is -2.34. The van der Waals surface area contributed by atoms with E-state index in [2.05, 4.69) is 15.5 Å². The van der Waals surface area contributed by atoms with Crippen molar-refractivity contribution in [3.05, 3.63) is 0 Å². The summed E-state index contributed by atoms with van der Waals surface area (Å²) >= 11 is 2.51. The summed E-state index contributed by atoms with van der Waals surface area (Å²) in [6.45, 7) is 2.12. The first-order valence-electron chi connectivity index (χ1n) is 7.26. The number of nitrogens with zero attached hydrogens (tertiary/aromatic N) is 2. The smallest absolute Gasteiger partial charge is 0.316 e. The molecule has 1 aliphatic carbocycles. The first-order chi connectivity index (χ1) is 10.6. The van der Waals surface area contributed by atoms with E-state index >= 15 is 0 Å². The van der Waals surface area contributed by atoms with Gasteiger partial charge < -0.3 is 15.8 Å². The second kappa shape index (κ2) is 10.1. The third kappa shape index (κ3) is 6.62. The van der Waals surface area contributed by atoms with Gasteiger partial charge >= 0.3 is 5.97 Å². The van der Waals surface area contributed by atoms with Gasteiger partial charge in [0.25, 0.3) is 0 Å². The van der Waals surface area contributed by atoms with Crippen LogP contribution in [0.1, 0.15) is 32.6 Å². The Morgan fingerprint density at radius 1 is 1.43 bits per heavy atom. The van der Waals surface area contributed by atoms with E-state index in [1.54, 1.807) is 6.92 Å². The topological polar surface area (TPSA) is 107 Å². The molecule has 2 unspecified atom stereocenters. The number of carbonyl (C=O) groups excluding carboxylic acids is 2. The van der Waals surface area contributed by atoms with E-state index in [1.165, 1.54) is 23.1 Å². The molecular formula is C13H21ClN4O3S2. The van der Waals surface area contributed by atoms with Crippen LogP contribution in [-0.4, -0.2) is 40.5 Å². The molecule has 1 aromatic rings. The van der Waals surface area contributed by atoms with Crippen molar-refractivity contribution < 1.29 is 14.3 Å². The number of amides is 1. The Kier molecular flexibility index (Phi) is 8.82. The molecule has 1 heterocycles. The molecule has 7 nitrogen and oxygen atoms in total. The van der Waals surface area contributed by atoms with Gasteiger partial charge in [-0.2, -0.15) is 0 Å². The van der Waals surface area contributed by atoms with E-state index < -0.39 is 0 Å². The molecule has 1 aromatic heterocycles. The first-order valence-corrected chi connectivity index (χ1v) is 9.07. The molecule has 0 saturated heterocycles. The van der Waals surface area contributed by atoms with Crippen molar-refractivity contribution in [2.75, 3.05) is 17.7 Å². The van der Waals surface area contributed by atoms with Crippen LogP contribution in [0.25, 0.3) is 0 Å². The van der Waals surface area contributed by atoms with Crippen molar-refractivity contribution in [3.63, 3.8) is 0 Å². The molecule has 0 bridgehead atoms. The number of esters is 1. The van der Waals surface area contributed by atoms with Crippen LogP contribution in [0.2, 0.25) is 0 Å². The minimum atomic E-state index is -0.288. The van der Waals surface area contributed by atoms with E-state index in [0.717, 1.165) is 25.7 Å². The largest absolute Gasteiger partial charge is 0.465 e. The van der Waals surface area contributed by atoms with Crippen LogP contribution in [0.5, 0.6) is 0 Å². The lowest BCUT2D eigenvalue weighted by Gasteiger charge is -2.25. The Morgan fingerprint density at radius 3 is 2.91 bits per heavy atom. The molecule has 0 aromatic carbocycles. The standard InChI is InChI=1S/C13H20N4O3S2.ClH/c1-2-20-10(18)7-21-13-17-16-12(22-13)15-11(19)8-4-3-5-9(14)6-8;/h8-9H,2-7,14H2,1H3,(H,15,16,19);1H. The summed E-state index contributed by atoms with van der Waals surface area (Å²) in [5.41, 5.74) is 5.90. The minimum absolute atomic E-state index is 0. The zero-order chi connectivity index (χ0) is 15.9. The Morgan fingerprint density at radius 2 is 2.22 bits per heavy atom. The summed E-state index contributed by atoms with van der Waals surface area (Å²) in [6.07, 6.45) is 3.55. The summed E-state index contributed by atoms with van der Waals surface area (Å²) < 4.78 is 5.47. The van der Waals surface area contributed by atoms with Crippen LogP contribution in [0.3, 0.4) is 0 Å². The number of aromatic nitrogens is 2. The van der Waals surface area contributed by atoms with Crippen molar-refractivity contribution >= 4 is 52.5 Å². The minimum Gasteiger partial charge on any atom is -0.465 e. The van der Waals surface area contributed by atoms with E-state index in [1.807, 2.05) is 0 Å². The zero-order valence-corrected chi connectivity index (χ0v) is 15.3. The van der Waals surface area contributed by atoms with Gasteiger partial charge in [0.15, 0.2) is 4.34 Å². The SMILES string of the molecule is CCOC(=O)CSc1nnc(NC(=O)C2CCCC(N)C2)s1.Cl. The van der Waals surface area contributed by atoms with Crippen molar-refractivity contribution in [2.45, 2.75) is 43.0 Å². The highest BCUT2D eigenvalue weighted by Crippen LogP contribution is 2.28. The van der Waals surface area contributed by atoms with Gasteiger partial charge in [-0.3, -0.25) is 9.59 Å². The van der Waals surface area contributed by atoms with Crippen molar-refractivity contribution in [1.29, 1.82) is 0 Å². The van der Waals surface area contributed by atoms with Gasteiger partial charge in [0.1, 0.15) is 0 Å². The van der Waals surface area contributed by atoms with E-state index in [9.17, 15) is 9.59 Å². The fourth-order valence-electron chi connectivity index (χ4n) is 2.32. The van der Waals surface area contributed by atoms with Crippen LogP contribution < -0.4 is 11.1 Å². The Bertz CT molecular complexity index is 529. The highest BCUT2D eigenvalue weighted by atomic mass is 35.5. The molecular weight excluding hydrogens is 360 g/mol. The van der Waals surface area contributed by atoms with Crippen molar-refractivity contribution in [3.8, 4) is 0 Å². The predicted octanol–water partition coefficient (Wildman–Crippen LogP) is 2.07. The maximum absolute atomic E-state index is 12.2. The molecule has 3 N–H and O–H groups in total. The second-order valence-electron chi connectivity index (χ2n) is 5.08. The van der Waals surface area contributed by atoms with Crippen molar-refractivity contribution in [1.82, 2.24) is 10.2 Å². The lowest BCUT2D eigenvalue weighted by molar-refractivity contribution is -0.139. The number of anilines is 1. The van der Waals surface area contributed by atoms with Gasteiger partial charge in [-0.15, -0.1) is 22.6 Å². The molecule has 1 amide bonds. The van der Waals surface area contributed by atoms with Crippen molar-refractivity contribution in [2.24, 2.45) is 11.7 Å². The molecule has 0 spiro atoms. The number of nitrogens with two attached hydrogens (primary N) is 1. The first kappa shape index (κ1) is 20.1. The summed E-state index contributed by atoms with van der Waals surface area (Å²) in [4.78, 5) is 23.4. The lowest BCUT2D eigenvalue weighted by atomic mass is 9.86. The maximum Gasteiger partial charge on any atom is 0.316 e. The zero-order valence-electron chi connectivity index (χ0n) is 12.8. The van der Waals surface area contributed by atoms with Crippen LogP contribution in [0.4, 0.5) is 5.13 Å². The van der Waals surface area contributed by atoms with E-state index in [-0.39, 0.29) is 42.0 Å². The summed E-state index contributed by atoms with van der Waals surface area (Å²) in [7, 11) is 0. The molecule has 1 saturated carbocycles. The number of ether oxygens (including phenoxy) is 1. The normalized spacial score (nSPS) is 20.4. The second-order valence-corrected chi connectivity index (χ2v) is 7.28. The molecule has 0 aliphatic heterocycles. The monoisotopic (exact) mass is 380 g/mol. The van der Waals surface area contributed by atoms with Crippen LogP contribution in [-0.2, 0) is 14.3 Å². The Balaban J connectivity index is 0.00000264. The number of thioether (sulfide) groups is 1. The third-order valence-corrected chi connectivity index (χ3v) is 5.29. The summed E-state index contributed by atoms with van der Waals surface area (Å²) in [6, 6.07) is 0.106. The molecule has 2 atom stereocenters. The van der Waals surface area contributed by atoms with E-state index in [4.69, 9.17) is 10.5 Å². The average Bonchev–Trinajstić information content (AvgIpc) is 2.93. The molecule has 130 valence electrons. The number of hydrogen-bond acceptors (Lipinski definition) is 8. The Hall–Kier alpha value is -0.900. The number of rotatable bonds is 6. The van der Waals surface area contributed by atoms with Crippen LogP contribution >= 0.6 is 35.5 Å². The predicted molar refractivity (Wildman–Crippen MR) is 93.1 cm³/mol. The van der Waals surface area contributed by atoms with Gasteiger partial charge in [-0.25, -0.2) is 0 Å². The number of nitrogens with one attached hydrogen (secondary N) is 1. The number of halogens is 1. The molecule has 0 radical (unpaired) electrons. The molecule has 1 fully saturated rings. The number of hydrogen-bond donors (Lipinski definition) is 2. The highest BCUT2D eigenvalue weighted by molar-refractivity contribution is 8.01. The molecule has 23 heavy (non-hydrogen) atoms. The summed E-state index contributed by atoms with van der Waals surface area (Å²) in [5.74, 6) is -0.200. The number of carbonyl (C=O) groups is 2. The highest BCUT2D eigenvalue weighted by Gasteiger charge is 2.26. The average molecular weight is 381 g/mol. The summed E-state index contributed by atoms with van der Waals surface area (Å²) in [5, 5.41) is 11.1. The van der Waals surface area contributed by atoms with Gasteiger partial charge in [-0.05, 0) is 26.2 Å². The third-order valence-electron chi connectivity index (χ3n) is 3.34. The van der Waals surface area contributed by atoms with Gasteiger partial charge in [-0.1, -0.05) is 29.5 Å². The fraction of sp³-hybridized carbons (Fsp3) is 0.692. The van der Waals surface area contributed by atoms with Gasteiger partial charge in [0, 0.05) is 12.0 Å². The van der Waals surface area contributed by atoms with Crippen LogP contribution in [0, 0.1) is 5.92 Å². The Labute approximate surface area is 149 Å². The molecule has 10 heteroatoms. The maximum atomic E-state index is 12.2. The van der Waals surface area contributed by atoms with Crippen LogP contribution in [0.15, 0.2) is 4.34 Å². The fourth-order valence-corrected chi connectivity index (χ4v) is 3.87. The molecule has 2 rings (SSSR count). The van der Waals surface area contributed by atoms with E-state index in [0.29, 0.717) is 16.1 Å². The quantitative estimate of drug-likeness (QED) is 0.442. The molecule has 1 aliphatic rings. The van der Waals surface area contributed by atoms with Gasteiger partial charge in [0.2, 0.25) is 11.0 Å². The van der Waals surface area contributed by atoms with Gasteiger partial charge in [0.05, 0.1) is 12.4 Å².